The smallest absolute Gasteiger partial charge is 0.163 e. The van der Waals surface area contributed by atoms with Crippen LogP contribution in [-0.2, 0) is 17.9 Å². The number of methoxy groups -OCH3 is 1. The van der Waals surface area contributed by atoms with Crippen LogP contribution in [0.1, 0.15) is 24.0 Å². The van der Waals surface area contributed by atoms with E-state index < -0.39 is 0 Å². The van der Waals surface area contributed by atoms with E-state index in [4.69, 9.17) is 37.4 Å². The molecule has 1 atom stereocenters. The highest BCUT2D eigenvalue weighted by molar-refractivity contribution is 6.31. The van der Waals surface area contributed by atoms with Crippen molar-refractivity contribution in [2.24, 2.45) is 0 Å². The summed E-state index contributed by atoms with van der Waals surface area (Å²) in [6, 6.07) is 7.77. The maximum Gasteiger partial charge on any atom is 0.163 e. The van der Waals surface area contributed by atoms with Crippen LogP contribution < -0.4 is 14.8 Å². The molecule has 0 aliphatic carbocycles. The number of nitrogens with one attached hydrogen (secondary N) is 1. The number of ether oxygens (including phenoxy) is 3. The first-order valence-corrected chi connectivity index (χ1v) is 9.58. The van der Waals surface area contributed by atoms with Gasteiger partial charge in [-0.25, -0.2) is 4.39 Å². The number of rotatable bonds is 8. The summed E-state index contributed by atoms with van der Waals surface area (Å²) < 4.78 is 30.0. The van der Waals surface area contributed by atoms with Crippen LogP contribution in [0.25, 0.3) is 0 Å². The van der Waals surface area contributed by atoms with Crippen LogP contribution in [0.4, 0.5) is 4.39 Å². The first-order chi connectivity index (χ1) is 13.1. The molecule has 2 aromatic rings. The van der Waals surface area contributed by atoms with E-state index in [1.165, 1.54) is 12.1 Å². The van der Waals surface area contributed by atoms with E-state index in [1.807, 2.05) is 6.07 Å². The zero-order valence-corrected chi connectivity index (χ0v) is 16.6. The topological polar surface area (TPSA) is 39.7 Å². The van der Waals surface area contributed by atoms with E-state index in [-0.39, 0.29) is 18.5 Å². The van der Waals surface area contributed by atoms with Crippen LogP contribution in [0.5, 0.6) is 11.5 Å². The fourth-order valence-electron chi connectivity index (χ4n) is 2.95. The van der Waals surface area contributed by atoms with E-state index in [2.05, 4.69) is 5.32 Å². The highest BCUT2D eigenvalue weighted by atomic mass is 35.5. The summed E-state index contributed by atoms with van der Waals surface area (Å²) in [5.41, 5.74) is 1.59. The molecule has 7 heteroatoms. The second-order valence-corrected chi connectivity index (χ2v) is 7.20. The number of hydrogen-bond acceptors (Lipinski definition) is 4. The summed E-state index contributed by atoms with van der Waals surface area (Å²) in [5, 5.41) is 4.26. The molecule has 1 aliphatic rings. The van der Waals surface area contributed by atoms with E-state index in [9.17, 15) is 4.39 Å². The van der Waals surface area contributed by atoms with E-state index in [1.54, 1.807) is 19.2 Å². The lowest BCUT2D eigenvalue weighted by atomic mass is 10.2. The van der Waals surface area contributed by atoms with Crippen LogP contribution >= 0.6 is 23.2 Å². The molecule has 4 nitrogen and oxygen atoms in total. The van der Waals surface area contributed by atoms with Gasteiger partial charge in [0.25, 0.3) is 0 Å². The molecule has 1 heterocycles. The van der Waals surface area contributed by atoms with Crippen LogP contribution in [0.2, 0.25) is 10.0 Å². The lowest BCUT2D eigenvalue weighted by Gasteiger charge is -2.16. The molecular weight excluding hydrogens is 392 g/mol. The third kappa shape index (κ3) is 5.48. The maximum atomic E-state index is 13.2. The van der Waals surface area contributed by atoms with Crippen molar-refractivity contribution in [3.05, 3.63) is 57.3 Å². The Hall–Kier alpha value is -1.53. The average Bonchev–Trinajstić information content (AvgIpc) is 3.16. The first kappa shape index (κ1) is 20.2. The van der Waals surface area contributed by atoms with Crippen molar-refractivity contribution in [1.29, 1.82) is 0 Å². The minimum absolute atomic E-state index is 0.183. The van der Waals surface area contributed by atoms with Gasteiger partial charge in [-0.1, -0.05) is 29.3 Å². The highest BCUT2D eigenvalue weighted by Gasteiger charge is 2.16. The van der Waals surface area contributed by atoms with Crippen molar-refractivity contribution in [2.75, 3.05) is 20.3 Å². The van der Waals surface area contributed by atoms with Gasteiger partial charge in [-0.05, 0) is 36.6 Å². The average molecular weight is 414 g/mol. The lowest BCUT2D eigenvalue weighted by molar-refractivity contribution is 0.110. The molecule has 1 N–H and O–H groups in total. The summed E-state index contributed by atoms with van der Waals surface area (Å²) in [7, 11) is 1.57. The minimum atomic E-state index is -0.385. The Bertz CT molecular complexity index is 782. The van der Waals surface area contributed by atoms with Crippen molar-refractivity contribution in [3.63, 3.8) is 0 Å². The summed E-state index contributed by atoms with van der Waals surface area (Å²) in [5.74, 6) is 0.696. The molecule has 0 bridgehead atoms. The molecule has 146 valence electrons. The quantitative estimate of drug-likeness (QED) is 0.661. The van der Waals surface area contributed by atoms with Crippen LogP contribution in [0.3, 0.4) is 0 Å². The molecule has 1 unspecified atom stereocenters. The summed E-state index contributed by atoms with van der Waals surface area (Å²) in [4.78, 5) is 0. The second kappa shape index (κ2) is 9.60. The van der Waals surface area contributed by atoms with Gasteiger partial charge >= 0.3 is 0 Å². The SMILES string of the molecule is COc1cc(CNCC2CCCO2)c(Cl)cc1OCc1ccc(F)cc1Cl. The van der Waals surface area contributed by atoms with Gasteiger partial charge in [0.2, 0.25) is 0 Å². The molecule has 3 rings (SSSR count). The molecule has 0 saturated carbocycles. The van der Waals surface area contributed by atoms with Gasteiger partial charge in [0.1, 0.15) is 12.4 Å². The molecule has 0 amide bonds. The van der Waals surface area contributed by atoms with Gasteiger partial charge in [0, 0.05) is 36.3 Å². The molecule has 0 radical (unpaired) electrons. The first-order valence-electron chi connectivity index (χ1n) is 8.82. The number of halogens is 3. The molecular formula is C20H22Cl2FNO3. The third-order valence-electron chi connectivity index (χ3n) is 4.44. The van der Waals surface area contributed by atoms with Gasteiger partial charge in [-0.2, -0.15) is 0 Å². The third-order valence-corrected chi connectivity index (χ3v) is 5.15. The summed E-state index contributed by atoms with van der Waals surface area (Å²) >= 11 is 12.4. The Kier molecular flexibility index (Phi) is 7.19. The van der Waals surface area contributed by atoms with E-state index >= 15 is 0 Å². The summed E-state index contributed by atoms with van der Waals surface area (Å²) in [6.07, 6.45) is 2.47. The molecule has 1 aliphatic heterocycles. The van der Waals surface area contributed by atoms with Gasteiger partial charge in [-0.3, -0.25) is 0 Å². The van der Waals surface area contributed by atoms with Gasteiger partial charge in [0.05, 0.1) is 18.2 Å². The summed E-state index contributed by atoms with van der Waals surface area (Å²) in [6.45, 7) is 2.42. The van der Waals surface area contributed by atoms with Crippen LogP contribution in [0.15, 0.2) is 30.3 Å². The molecule has 1 saturated heterocycles. The Morgan fingerprint density at radius 3 is 2.67 bits per heavy atom. The number of hydrogen-bond donors (Lipinski definition) is 1. The predicted molar refractivity (Wildman–Crippen MR) is 104 cm³/mol. The maximum absolute atomic E-state index is 13.2. The van der Waals surface area contributed by atoms with Crippen LogP contribution in [-0.4, -0.2) is 26.4 Å². The molecule has 27 heavy (non-hydrogen) atoms. The van der Waals surface area contributed by atoms with Crippen LogP contribution in [0, 0.1) is 5.82 Å². The van der Waals surface area contributed by atoms with Crippen molar-refractivity contribution < 1.29 is 18.6 Å². The Labute approximate surface area is 168 Å². The Balaban J connectivity index is 1.63. The second-order valence-electron chi connectivity index (χ2n) is 6.38. The van der Waals surface area contributed by atoms with Crippen molar-refractivity contribution >= 4 is 23.2 Å². The Morgan fingerprint density at radius 2 is 1.96 bits per heavy atom. The van der Waals surface area contributed by atoms with Crippen molar-refractivity contribution in [1.82, 2.24) is 5.32 Å². The normalized spacial score (nSPS) is 16.5. The van der Waals surface area contributed by atoms with E-state index in [0.717, 1.165) is 31.6 Å². The minimum Gasteiger partial charge on any atom is -0.493 e. The van der Waals surface area contributed by atoms with E-state index in [0.29, 0.717) is 33.7 Å². The predicted octanol–water partition coefficient (Wildman–Crippen LogP) is 4.99. The zero-order chi connectivity index (χ0) is 19.2. The molecule has 0 aromatic heterocycles. The molecule has 1 fully saturated rings. The highest BCUT2D eigenvalue weighted by Crippen LogP contribution is 2.34. The number of benzene rings is 2. The Morgan fingerprint density at radius 1 is 1.15 bits per heavy atom. The fraction of sp³-hybridized carbons (Fsp3) is 0.400. The molecule has 2 aromatic carbocycles. The van der Waals surface area contributed by atoms with Gasteiger partial charge < -0.3 is 19.5 Å². The zero-order valence-electron chi connectivity index (χ0n) is 15.1. The molecule has 0 spiro atoms. The monoisotopic (exact) mass is 413 g/mol. The van der Waals surface area contributed by atoms with Crippen molar-refractivity contribution in [3.8, 4) is 11.5 Å². The fourth-order valence-corrected chi connectivity index (χ4v) is 3.39. The largest absolute Gasteiger partial charge is 0.493 e. The standard InChI is InChI=1S/C20H22Cl2FNO3/c1-25-19-7-14(10-24-11-16-3-2-6-26-16)18(22)9-20(19)27-12-13-4-5-15(23)8-17(13)21/h4-5,7-9,16,24H,2-3,6,10-12H2,1H3. The van der Waals surface area contributed by atoms with Gasteiger partial charge in [-0.15, -0.1) is 0 Å². The van der Waals surface area contributed by atoms with Crippen molar-refractivity contribution in [2.45, 2.75) is 32.1 Å². The lowest BCUT2D eigenvalue weighted by Crippen LogP contribution is -2.25. The van der Waals surface area contributed by atoms with Gasteiger partial charge in [0.15, 0.2) is 11.5 Å².